The second-order valence-electron chi connectivity index (χ2n) is 7.11. The summed E-state index contributed by atoms with van der Waals surface area (Å²) in [6, 6.07) is 14.0. The Bertz CT molecular complexity index is 737. The van der Waals surface area contributed by atoms with Crippen molar-refractivity contribution in [3.8, 4) is 0 Å². The maximum Gasteiger partial charge on any atom is 0.254 e. The molecule has 0 fully saturated rings. The quantitative estimate of drug-likeness (QED) is 0.872. The summed E-state index contributed by atoms with van der Waals surface area (Å²) in [7, 11) is 0. The van der Waals surface area contributed by atoms with Crippen LogP contribution in [0.4, 0.5) is 11.4 Å². The summed E-state index contributed by atoms with van der Waals surface area (Å²) in [6.07, 6.45) is 1.000. The molecule has 24 heavy (non-hydrogen) atoms. The van der Waals surface area contributed by atoms with Gasteiger partial charge in [-0.05, 0) is 55.0 Å². The minimum absolute atomic E-state index is 0.137. The molecule has 1 heterocycles. The van der Waals surface area contributed by atoms with Crippen molar-refractivity contribution < 1.29 is 4.79 Å². The lowest BCUT2D eigenvalue weighted by Crippen LogP contribution is -2.43. The highest BCUT2D eigenvalue weighted by Crippen LogP contribution is 2.38. The Balaban J connectivity index is 2.03. The molecule has 0 radical (unpaired) electrons. The SMILES string of the molecule is Cc1cc2c(cc1C)N(CCC(C)C)C(=O)C(c1ccccc1)N2. The second kappa shape index (κ2) is 6.68. The smallest absolute Gasteiger partial charge is 0.254 e. The molecule has 1 N–H and O–H groups in total. The molecule has 3 rings (SSSR count). The van der Waals surface area contributed by atoms with Crippen molar-refractivity contribution in [3.05, 3.63) is 59.2 Å². The molecule has 0 aromatic heterocycles. The molecule has 126 valence electrons. The lowest BCUT2D eigenvalue weighted by atomic mass is 9.98. The van der Waals surface area contributed by atoms with Crippen LogP contribution in [0.1, 0.15) is 43.0 Å². The highest BCUT2D eigenvalue weighted by atomic mass is 16.2. The second-order valence-corrected chi connectivity index (χ2v) is 7.11. The molecular weight excluding hydrogens is 296 g/mol. The van der Waals surface area contributed by atoms with E-state index < -0.39 is 0 Å². The van der Waals surface area contributed by atoms with Gasteiger partial charge in [-0.15, -0.1) is 0 Å². The number of nitrogens with one attached hydrogen (secondary N) is 1. The standard InChI is InChI=1S/C21H26N2O/c1-14(2)10-11-23-19-13-16(4)15(3)12-18(19)22-20(21(23)24)17-8-6-5-7-9-17/h5-9,12-14,20,22H,10-11H2,1-4H3. The first kappa shape index (κ1) is 16.6. The van der Waals surface area contributed by atoms with Gasteiger partial charge in [-0.25, -0.2) is 0 Å². The maximum absolute atomic E-state index is 13.2. The Morgan fingerprint density at radius 1 is 1.08 bits per heavy atom. The van der Waals surface area contributed by atoms with Crippen molar-refractivity contribution in [3.63, 3.8) is 0 Å². The lowest BCUT2D eigenvalue weighted by Gasteiger charge is -2.36. The number of carbonyl (C=O) groups is 1. The minimum atomic E-state index is -0.312. The summed E-state index contributed by atoms with van der Waals surface area (Å²) >= 11 is 0. The number of hydrogen-bond acceptors (Lipinski definition) is 2. The summed E-state index contributed by atoms with van der Waals surface area (Å²) in [6.45, 7) is 9.37. The first-order chi connectivity index (χ1) is 11.5. The van der Waals surface area contributed by atoms with Gasteiger partial charge in [-0.3, -0.25) is 4.79 Å². The van der Waals surface area contributed by atoms with E-state index in [-0.39, 0.29) is 11.9 Å². The van der Waals surface area contributed by atoms with E-state index in [9.17, 15) is 4.79 Å². The Morgan fingerprint density at radius 3 is 2.42 bits per heavy atom. The van der Waals surface area contributed by atoms with Crippen LogP contribution in [0.3, 0.4) is 0 Å². The van der Waals surface area contributed by atoms with E-state index in [2.05, 4.69) is 45.1 Å². The van der Waals surface area contributed by atoms with E-state index >= 15 is 0 Å². The van der Waals surface area contributed by atoms with Gasteiger partial charge in [0.15, 0.2) is 0 Å². The fraction of sp³-hybridized carbons (Fsp3) is 0.381. The topological polar surface area (TPSA) is 32.3 Å². The zero-order valence-corrected chi connectivity index (χ0v) is 15.0. The number of fused-ring (bicyclic) bond motifs is 1. The Kier molecular flexibility index (Phi) is 4.61. The third-order valence-corrected chi connectivity index (χ3v) is 4.78. The molecule has 0 saturated carbocycles. The van der Waals surface area contributed by atoms with Gasteiger partial charge in [0.25, 0.3) is 5.91 Å². The molecule has 1 aliphatic rings. The summed E-state index contributed by atoms with van der Waals surface area (Å²) in [5, 5.41) is 3.46. The van der Waals surface area contributed by atoms with E-state index in [1.165, 1.54) is 11.1 Å². The largest absolute Gasteiger partial charge is 0.368 e. The molecule has 3 heteroatoms. The predicted octanol–water partition coefficient (Wildman–Crippen LogP) is 4.85. The number of rotatable bonds is 4. The van der Waals surface area contributed by atoms with Gasteiger partial charge in [0, 0.05) is 6.54 Å². The Hall–Kier alpha value is -2.29. The van der Waals surface area contributed by atoms with Crippen molar-refractivity contribution in [1.82, 2.24) is 0 Å². The van der Waals surface area contributed by atoms with Crippen molar-refractivity contribution in [2.75, 3.05) is 16.8 Å². The average molecular weight is 322 g/mol. The van der Waals surface area contributed by atoms with Crippen molar-refractivity contribution in [2.24, 2.45) is 5.92 Å². The molecule has 1 unspecified atom stereocenters. The average Bonchev–Trinajstić information content (AvgIpc) is 2.56. The van der Waals surface area contributed by atoms with Gasteiger partial charge < -0.3 is 10.2 Å². The van der Waals surface area contributed by atoms with Crippen LogP contribution in [0.25, 0.3) is 0 Å². The molecule has 0 saturated heterocycles. The molecular formula is C21H26N2O. The first-order valence-corrected chi connectivity index (χ1v) is 8.71. The van der Waals surface area contributed by atoms with Gasteiger partial charge in [-0.1, -0.05) is 44.2 Å². The van der Waals surface area contributed by atoms with Crippen LogP contribution in [-0.4, -0.2) is 12.5 Å². The molecule has 0 aliphatic carbocycles. The van der Waals surface area contributed by atoms with Crippen LogP contribution >= 0.6 is 0 Å². The fourth-order valence-electron chi connectivity index (χ4n) is 3.12. The van der Waals surface area contributed by atoms with Crippen molar-refractivity contribution >= 4 is 17.3 Å². The monoisotopic (exact) mass is 322 g/mol. The molecule has 3 nitrogen and oxygen atoms in total. The fourth-order valence-corrected chi connectivity index (χ4v) is 3.12. The summed E-state index contributed by atoms with van der Waals surface area (Å²) in [4.78, 5) is 15.1. The number of hydrogen-bond donors (Lipinski definition) is 1. The molecule has 1 amide bonds. The number of anilines is 2. The number of nitrogens with zero attached hydrogens (tertiary/aromatic N) is 1. The molecule has 2 aromatic rings. The van der Waals surface area contributed by atoms with E-state index in [4.69, 9.17) is 0 Å². The van der Waals surface area contributed by atoms with Gasteiger partial charge >= 0.3 is 0 Å². The van der Waals surface area contributed by atoms with Crippen LogP contribution in [0, 0.1) is 19.8 Å². The molecule has 0 spiro atoms. The first-order valence-electron chi connectivity index (χ1n) is 8.71. The van der Waals surface area contributed by atoms with E-state index in [0.29, 0.717) is 5.92 Å². The molecule has 2 aromatic carbocycles. The number of amides is 1. The number of carbonyl (C=O) groups excluding carboxylic acids is 1. The highest BCUT2D eigenvalue weighted by Gasteiger charge is 2.33. The van der Waals surface area contributed by atoms with Gasteiger partial charge in [0.1, 0.15) is 6.04 Å². The van der Waals surface area contributed by atoms with E-state index in [0.717, 1.165) is 29.9 Å². The Morgan fingerprint density at radius 2 is 1.75 bits per heavy atom. The van der Waals surface area contributed by atoms with Gasteiger partial charge in [0.05, 0.1) is 11.4 Å². The third-order valence-electron chi connectivity index (χ3n) is 4.78. The highest BCUT2D eigenvalue weighted by molar-refractivity contribution is 6.05. The van der Waals surface area contributed by atoms with E-state index in [1.807, 2.05) is 35.2 Å². The molecule has 1 atom stereocenters. The maximum atomic E-state index is 13.2. The van der Waals surface area contributed by atoms with Crippen LogP contribution in [0.15, 0.2) is 42.5 Å². The van der Waals surface area contributed by atoms with Crippen LogP contribution < -0.4 is 10.2 Å². The third kappa shape index (κ3) is 3.16. The van der Waals surface area contributed by atoms with Crippen LogP contribution in [-0.2, 0) is 4.79 Å². The summed E-state index contributed by atoms with van der Waals surface area (Å²) in [5.74, 6) is 0.704. The molecule has 0 bridgehead atoms. The lowest BCUT2D eigenvalue weighted by molar-refractivity contribution is -0.119. The minimum Gasteiger partial charge on any atom is -0.368 e. The summed E-state index contributed by atoms with van der Waals surface area (Å²) in [5.41, 5.74) is 5.54. The number of benzene rings is 2. The van der Waals surface area contributed by atoms with Gasteiger partial charge in [-0.2, -0.15) is 0 Å². The van der Waals surface area contributed by atoms with E-state index in [1.54, 1.807) is 0 Å². The zero-order valence-electron chi connectivity index (χ0n) is 15.0. The van der Waals surface area contributed by atoms with Crippen LogP contribution in [0.2, 0.25) is 0 Å². The predicted molar refractivity (Wildman–Crippen MR) is 101 cm³/mol. The van der Waals surface area contributed by atoms with Crippen LogP contribution in [0.5, 0.6) is 0 Å². The zero-order chi connectivity index (χ0) is 17.3. The number of aryl methyl sites for hydroxylation is 2. The summed E-state index contributed by atoms with van der Waals surface area (Å²) < 4.78 is 0. The normalized spacial score (nSPS) is 17.0. The van der Waals surface area contributed by atoms with Crippen molar-refractivity contribution in [2.45, 2.75) is 40.2 Å². The molecule has 1 aliphatic heterocycles. The van der Waals surface area contributed by atoms with Gasteiger partial charge in [0.2, 0.25) is 0 Å². The Labute approximate surface area is 144 Å². The van der Waals surface area contributed by atoms with Crippen molar-refractivity contribution in [1.29, 1.82) is 0 Å².